The van der Waals surface area contributed by atoms with E-state index in [4.69, 9.17) is 15.6 Å². The third-order valence-corrected chi connectivity index (χ3v) is 8.92. The lowest BCUT2D eigenvalue weighted by atomic mass is 9.47. The Bertz CT molecular complexity index is 775. The van der Waals surface area contributed by atoms with Crippen molar-refractivity contribution in [2.45, 2.75) is 85.2 Å². The van der Waals surface area contributed by atoms with E-state index in [1.54, 1.807) is 0 Å². The molecule has 0 unspecified atom stereocenters. The smallest absolute Gasteiger partial charge is 0.332 e. The quantitative estimate of drug-likeness (QED) is 0.298. The number of urea groups is 1. The van der Waals surface area contributed by atoms with Crippen LogP contribution in [-0.4, -0.2) is 34.0 Å². The average molecular weight is 434 g/mol. The van der Waals surface area contributed by atoms with Crippen molar-refractivity contribution in [3.8, 4) is 0 Å². The maximum absolute atomic E-state index is 11.0. The molecule has 3 saturated carbocycles. The van der Waals surface area contributed by atoms with Crippen LogP contribution < -0.4 is 11.2 Å². The van der Waals surface area contributed by atoms with Gasteiger partial charge in [0.05, 0.1) is 6.10 Å². The summed E-state index contributed by atoms with van der Waals surface area (Å²) in [6, 6.07) is -0.588. The second-order valence-electron chi connectivity index (χ2n) is 10.6. The number of allylic oxidation sites excluding steroid dienone is 1. The molecule has 174 valence electrons. The minimum Gasteiger partial charge on any atom is -0.481 e. The van der Waals surface area contributed by atoms with E-state index in [1.165, 1.54) is 31.3 Å². The first kappa shape index (κ1) is 23.8. The summed E-state index contributed by atoms with van der Waals surface area (Å²) in [5.74, 6) is 1.82. The molecule has 4 aliphatic rings. The van der Waals surface area contributed by atoms with Crippen LogP contribution in [-0.2, 0) is 4.79 Å². The fraction of sp³-hybridized carbons (Fsp3) is 0.792. The van der Waals surface area contributed by atoms with Crippen LogP contribution in [0.5, 0.6) is 0 Å². The number of aliphatic carboxylic acids is 1. The van der Waals surface area contributed by atoms with E-state index in [9.17, 15) is 9.90 Å². The average Bonchev–Trinajstić information content (AvgIpc) is 3.03. The highest BCUT2D eigenvalue weighted by Crippen LogP contribution is 2.66. The number of hydrogen-bond acceptors (Lipinski definition) is 4. The number of aliphatic hydroxyl groups excluding tert-OH is 1. The standard InChI is InChI=1S/C22H35N3O2.C2H4O2/c1-13(24-25-20(23)27)17-6-7-18-16-5-4-14-12-15(26)8-10-21(14,2)19(16)9-11-22(17,18)3;1-2(3)4/h4,15-19,26H,5-12H2,1-3H3,(H3,23,25,27);1H3,(H,3,4)/b24-13+;/t15-,16-,17+,18-,19-,21-,22+;/m0./s1. The normalized spacial score (nSPS) is 41.5. The van der Waals surface area contributed by atoms with E-state index in [-0.39, 0.29) is 16.9 Å². The molecular formula is C24H39N3O4. The summed E-state index contributed by atoms with van der Waals surface area (Å²) in [4.78, 5) is 20.0. The molecule has 0 aromatic rings. The SMILES string of the molecule is C/C(=N\NC(N)=O)[C@H]1CC[C@H]2[C@@H]3CC=C4C[C@@H](O)CC[C@]4(C)[C@H]3CC[C@]12C.CC(=O)O. The molecule has 7 atom stereocenters. The Morgan fingerprint density at radius 2 is 1.81 bits per heavy atom. The van der Waals surface area contributed by atoms with Crippen LogP contribution in [0.3, 0.4) is 0 Å². The van der Waals surface area contributed by atoms with Gasteiger partial charge in [0.2, 0.25) is 0 Å². The van der Waals surface area contributed by atoms with Crippen molar-refractivity contribution < 1.29 is 19.8 Å². The van der Waals surface area contributed by atoms with Crippen LogP contribution in [0, 0.1) is 34.5 Å². The number of carbonyl (C=O) groups excluding carboxylic acids is 1. The number of aliphatic hydroxyl groups is 1. The van der Waals surface area contributed by atoms with E-state index in [1.807, 2.05) is 6.92 Å². The van der Waals surface area contributed by atoms with Crippen LogP contribution in [0.25, 0.3) is 0 Å². The molecule has 0 aromatic heterocycles. The van der Waals surface area contributed by atoms with E-state index in [0.29, 0.717) is 5.92 Å². The van der Waals surface area contributed by atoms with E-state index in [0.717, 1.165) is 56.1 Å². The number of carboxylic acids is 1. The maximum Gasteiger partial charge on any atom is 0.332 e. The number of nitrogens with one attached hydrogen (secondary N) is 1. The van der Waals surface area contributed by atoms with Gasteiger partial charge in [0, 0.05) is 18.6 Å². The molecule has 0 saturated heterocycles. The van der Waals surface area contributed by atoms with Crippen molar-refractivity contribution in [1.82, 2.24) is 5.43 Å². The number of fused-ring (bicyclic) bond motifs is 5. The summed E-state index contributed by atoms with van der Waals surface area (Å²) in [6.07, 6.45) is 11.4. The first-order chi connectivity index (χ1) is 14.5. The maximum atomic E-state index is 11.0. The molecule has 2 amide bonds. The predicted octanol–water partition coefficient (Wildman–Crippen LogP) is 4.06. The van der Waals surface area contributed by atoms with Crippen LogP contribution >= 0.6 is 0 Å². The number of rotatable bonds is 2. The Kier molecular flexibility index (Phi) is 6.84. The largest absolute Gasteiger partial charge is 0.481 e. The van der Waals surface area contributed by atoms with Gasteiger partial charge in [0.1, 0.15) is 0 Å². The van der Waals surface area contributed by atoms with E-state index in [2.05, 4.69) is 30.5 Å². The fourth-order valence-electron chi connectivity index (χ4n) is 7.55. The Morgan fingerprint density at radius 3 is 2.45 bits per heavy atom. The van der Waals surface area contributed by atoms with Gasteiger partial charge in [0.15, 0.2) is 0 Å². The van der Waals surface area contributed by atoms with Crippen molar-refractivity contribution in [3.05, 3.63) is 11.6 Å². The van der Waals surface area contributed by atoms with Gasteiger partial charge in [-0.2, -0.15) is 5.10 Å². The van der Waals surface area contributed by atoms with Crippen molar-refractivity contribution >= 4 is 17.7 Å². The number of carbonyl (C=O) groups is 2. The Morgan fingerprint density at radius 1 is 1.13 bits per heavy atom. The zero-order chi connectivity index (χ0) is 23.0. The molecule has 5 N–H and O–H groups in total. The summed E-state index contributed by atoms with van der Waals surface area (Å²) in [5, 5.41) is 21.8. The minimum atomic E-state index is -0.833. The Labute approximate surface area is 185 Å². The zero-order valence-corrected chi connectivity index (χ0v) is 19.4. The minimum absolute atomic E-state index is 0.137. The van der Waals surface area contributed by atoms with Gasteiger partial charge in [-0.3, -0.25) is 4.79 Å². The fourth-order valence-corrected chi connectivity index (χ4v) is 7.55. The molecule has 0 bridgehead atoms. The zero-order valence-electron chi connectivity index (χ0n) is 19.4. The molecule has 0 heterocycles. The summed E-state index contributed by atoms with van der Waals surface area (Å²) in [6.45, 7) is 8.06. The monoisotopic (exact) mass is 433 g/mol. The lowest BCUT2D eigenvalue weighted by Gasteiger charge is -2.58. The van der Waals surface area contributed by atoms with Gasteiger partial charge in [-0.1, -0.05) is 25.5 Å². The van der Waals surface area contributed by atoms with Gasteiger partial charge in [-0.15, -0.1) is 0 Å². The van der Waals surface area contributed by atoms with Crippen LogP contribution in [0.4, 0.5) is 4.79 Å². The van der Waals surface area contributed by atoms with Crippen LogP contribution in [0.15, 0.2) is 16.8 Å². The highest BCUT2D eigenvalue weighted by atomic mass is 16.4. The highest BCUT2D eigenvalue weighted by Gasteiger charge is 2.58. The Hall–Kier alpha value is -1.89. The highest BCUT2D eigenvalue weighted by molar-refractivity contribution is 5.86. The van der Waals surface area contributed by atoms with Gasteiger partial charge in [-0.05, 0) is 86.9 Å². The molecule has 31 heavy (non-hydrogen) atoms. The van der Waals surface area contributed by atoms with Gasteiger partial charge in [-0.25, -0.2) is 10.2 Å². The van der Waals surface area contributed by atoms with Crippen molar-refractivity contribution in [1.29, 1.82) is 0 Å². The van der Waals surface area contributed by atoms with Gasteiger partial charge in [0.25, 0.3) is 5.97 Å². The van der Waals surface area contributed by atoms with E-state index >= 15 is 0 Å². The summed E-state index contributed by atoms with van der Waals surface area (Å²) >= 11 is 0. The van der Waals surface area contributed by atoms with Gasteiger partial charge >= 0.3 is 6.03 Å². The first-order valence-corrected chi connectivity index (χ1v) is 11.7. The summed E-state index contributed by atoms with van der Waals surface area (Å²) < 4.78 is 0. The number of hydrogen-bond donors (Lipinski definition) is 4. The number of nitrogens with zero attached hydrogens (tertiary/aromatic N) is 1. The van der Waals surface area contributed by atoms with Crippen molar-refractivity contribution in [3.63, 3.8) is 0 Å². The van der Waals surface area contributed by atoms with Gasteiger partial charge < -0.3 is 15.9 Å². The molecule has 7 nitrogen and oxygen atoms in total. The second kappa shape index (κ2) is 8.93. The molecule has 0 radical (unpaired) electrons. The lowest BCUT2D eigenvalue weighted by Crippen LogP contribution is -2.51. The van der Waals surface area contributed by atoms with Crippen LogP contribution in [0.1, 0.15) is 79.1 Å². The summed E-state index contributed by atoms with van der Waals surface area (Å²) in [7, 11) is 0. The molecule has 4 rings (SSSR count). The van der Waals surface area contributed by atoms with Crippen LogP contribution in [0.2, 0.25) is 0 Å². The number of carboxylic acid groups (broad SMARTS) is 1. The molecule has 4 aliphatic carbocycles. The Balaban J connectivity index is 0.000000628. The van der Waals surface area contributed by atoms with Crippen molar-refractivity contribution in [2.75, 3.05) is 0 Å². The van der Waals surface area contributed by atoms with Crippen molar-refractivity contribution in [2.24, 2.45) is 45.3 Å². The summed E-state index contributed by atoms with van der Waals surface area (Å²) in [5.41, 5.74) is 10.7. The third-order valence-electron chi connectivity index (χ3n) is 8.92. The number of hydrazone groups is 1. The number of nitrogens with two attached hydrogens (primary N) is 1. The lowest BCUT2D eigenvalue weighted by molar-refractivity contribution is -0.134. The molecule has 7 heteroatoms. The number of primary amides is 1. The van der Waals surface area contributed by atoms with E-state index < -0.39 is 12.0 Å². The molecule has 3 fully saturated rings. The topological polar surface area (TPSA) is 125 Å². The molecule has 0 aromatic carbocycles. The molecule has 0 aliphatic heterocycles. The molecule has 0 spiro atoms. The third kappa shape index (κ3) is 4.52. The molecular weight excluding hydrogens is 394 g/mol. The number of amides is 2. The predicted molar refractivity (Wildman–Crippen MR) is 120 cm³/mol. The second-order valence-corrected chi connectivity index (χ2v) is 10.6. The first-order valence-electron chi connectivity index (χ1n) is 11.7.